The summed E-state index contributed by atoms with van der Waals surface area (Å²) in [6.45, 7) is 1.68. The number of methoxy groups -OCH3 is 1. The molecule has 0 amide bonds. The monoisotopic (exact) mass is 259 g/mol. The van der Waals surface area contributed by atoms with Crippen LogP contribution in [0.5, 0.6) is 11.5 Å². The third kappa shape index (κ3) is 1.98. The number of fused-ring (bicyclic) bond motifs is 2. The van der Waals surface area contributed by atoms with Gasteiger partial charge in [-0.2, -0.15) is 5.26 Å². The lowest BCUT2D eigenvalue weighted by atomic mass is 10.2. The van der Waals surface area contributed by atoms with E-state index in [0.29, 0.717) is 31.3 Å². The molecule has 0 spiro atoms. The highest BCUT2D eigenvalue weighted by Crippen LogP contribution is 2.34. The minimum absolute atomic E-state index is 0.231. The van der Waals surface area contributed by atoms with Crippen LogP contribution in [0.2, 0.25) is 0 Å². The van der Waals surface area contributed by atoms with E-state index in [1.807, 2.05) is 16.7 Å². The molecule has 19 heavy (non-hydrogen) atoms. The Hall–Kier alpha value is -2.26. The summed E-state index contributed by atoms with van der Waals surface area (Å²) in [4.78, 5) is 4.48. The molecule has 0 saturated heterocycles. The SMILES string of the molecule is COCc1nc2cc3c(cc2n1CC#N)OCCO3. The lowest BCUT2D eigenvalue weighted by Gasteiger charge is -2.18. The van der Waals surface area contributed by atoms with Gasteiger partial charge < -0.3 is 18.8 Å². The second kappa shape index (κ2) is 4.78. The maximum absolute atomic E-state index is 8.93. The first-order valence-corrected chi connectivity index (χ1v) is 5.98. The van der Waals surface area contributed by atoms with Crippen molar-refractivity contribution < 1.29 is 14.2 Å². The van der Waals surface area contributed by atoms with Crippen LogP contribution >= 0.6 is 0 Å². The number of imidazole rings is 1. The third-order valence-electron chi connectivity index (χ3n) is 2.99. The Morgan fingerprint density at radius 1 is 1.37 bits per heavy atom. The van der Waals surface area contributed by atoms with E-state index in [1.165, 1.54) is 0 Å². The fraction of sp³-hybridized carbons (Fsp3) is 0.385. The molecule has 0 atom stereocenters. The lowest BCUT2D eigenvalue weighted by Crippen LogP contribution is -2.15. The van der Waals surface area contributed by atoms with Gasteiger partial charge in [-0.25, -0.2) is 4.98 Å². The molecule has 2 heterocycles. The summed E-state index contributed by atoms with van der Waals surface area (Å²) in [5, 5.41) is 8.93. The van der Waals surface area contributed by atoms with Crippen molar-refractivity contribution >= 4 is 11.0 Å². The number of aromatic nitrogens is 2. The van der Waals surface area contributed by atoms with Crippen LogP contribution in [-0.4, -0.2) is 29.9 Å². The van der Waals surface area contributed by atoms with E-state index in [2.05, 4.69) is 11.1 Å². The topological polar surface area (TPSA) is 69.3 Å². The molecule has 1 aliphatic heterocycles. The standard InChI is InChI=1S/C13H13N3O3/c1-17-8-13-15-9-6-11-12(19-5-4-18-11)7-10(9)16(13)3-2-14/h6-7H,3-5,8H2,1H3. The normalized spacial score (nSPS) is 13.5. The highest BCUT2D eigenvalue weighted by molar-refractivity contribution is 5.81. The van der Waals surface area contributed by atoms with Crippen molar-refractivity contribution in [3.05, 3.63) is 18.0 Å². The van der Waals surface area contributed by atoms with Crippen molar-refractivity contribution in [3.63, 3.8) is 0 Å². The van der Waals surface area contributed by atoms with Crippen LogP contribution in [0.25, 0.3) is 11.0 Å². The van der Waals surface area contributed by atoms with Gasteiger partial charge in [-0.3, -0.25) is 0 Å². The third-order valence-corrected chi connectivity index (χ3v) is 2.99. The van der Waals surface area contributed by atoms with E-state index in [-0.39, 0.29) is 6.54 Å². The molecule has 0 radical (unpaired) electrons. The number of rotatable bonds is 3. The summed E-state index contributed by atoms with van der Waals surface area (Å²) in [5.74, 6) is 2.12. The van der Waals surface area contributed by atoms with Crippen LogP contribution in [0.3, 0.4) is 0 Å². The van der Waals surface area contributed by atoms with Crippen molar-refractivity contribution in [2.75, 3.05) is 20.3 Å². The van der Waals surface area contributed by atoms with Crippen molar-refractivity contribution in [1.82, 2.24) is 9.55 Å². The Morgan fingerprint density at radius 2 is 2.11 bits per heavy atom. The Bertz CT molecular complexity index is 657. The fourth-order valence-electron chi connectivity index (χ4n) is 2.20. The second-order valence-electron chi connectivity index (χ2n) is 4.19. The minimum Gasteiger partial charge on any atom is -0.486 e. The first-order chi connectivity index (χ1) is 9.33. The van der Waals surface area contributed by atoms with E-state index >= 15 is 0 Å². The molecule has 0 fully saturated rings. The summed E-state index contributed by atoms with van der Waals surface area (Å²) < 4.78 is 18.0. The molecule has 3 rings (SSSR count). The molecule has 0 unspecified atom stereocenters. The van der Waals surface area contributed by atoms with Gasteiger partial charge in [-0.1, -0.05) is 0 Å². The van der Waals surface area contributed by atoms with Gasteiger partial charge in [0.2, 0.25) is 0 Å². The molecule has 0 bridgehead atoms. The highest BCUT2D eigenvalue weighted by Gasteiger charge is 2.17. The van der Waals surface area contributed by atoms with Crippen LogP contribution in [0.4, 0.5) is 0 Å². The van der Waals surface area contributed by atoms with Crippen LogP contribution < -0.4 is 9.47 Å². The molecule has 98 valence electrons. The van der Waals surface area contributed by atoms with Crippen LogP contribution in [-0.2, 0) is 17.9 Å². The van der Waals surface area contributed by atoms with Gasteiger partial charge in [-0.15, -0.1) is 0 Å². The molecule has 6 heteroatoms. The number of benzene rings is 1. The average Bonchev–Trinajstić information content (AvgIpc) is 2.75. The van der Waals surface area contributed by atoms with Gasteiger partial charge in [0.1, 0.15) is 32.2 Å². The van der Waals surface area contributed by atoms with Gasteiger partial charge in [0.15, 0.2) is 11.5 Å². The van der Waals surface area contributed by atoms with E-state index in [4.69, 9.17) is 19.5 Å². The van der Waals surface area contributed by atoms with E-state index in [0.717, 1.165) is 16.9 Å². The Kier molecular flexibility index (Phi) is 2.97. The summed E-state index contributed by atoms with van der Waals surface area (Å²) >= 11 is 0. The van der Waals surface area contributed by atoms with Crippen LogP contribution in [0, 0.1) is 11.3 Å². The molecule has 0 saturated carbocycles. The number of nitrogens with zero attached hydrogens (tertiary/aromatic N) is 3. The molecule has 1 aromatic heterocycles. The van der Waals surface area contributed by atoms with Gasteiger partial charge >= 0.3 is 0 Å². The first kappa shape index (κ1) is 11.8. The predicted molar refractivity (Wildman–Crippen MR) is 67.0 cm³/mol. The number of ether oxygens (including phenoxy) is 3. The Morgan fingerprint density at radius 3 is 2.79 bits per heavy atom. The maximum atomic E-state index is 8.93. The van der Waals surface area contributed by atoms with Crippen molar-refractivity contribution in [2.45, 2.75) is 13.2 Å². The summed E-state index contributed by atoms with van der Waals surface area (Å²) in [6.07, 6.45) is 0. The Labute approximate surface area is 110 Å². The molecule has 0 N–H and O–H groups in total. The van der Waals surface area contributed by atoms with Gasteiger partial charge in [-0.05, 0) is 0 Å². The number of hydrogen-bond acceptors (Lipinski definition) is 5. The maximum Gasteiger partial charge on any atom is 0.163 e. The first-order valence-electron chi connectivity index (χ1n) is 5.98. The van der Waals surface area contributed by atoms with Gasteiger partial charge in [0, 0.05) is 19.2 Å². The summed E-state index contributed by atoms with van der Waals surface area (Å²) in [6, 6.07) is 5.85. The van der Waals surface area contributed by atoms with Crippen molar-refractivity contribution in [3.8, 4) is 17.6 Å². The predicted octanol–water partition coefficient (Wildman–Crippen LogP) is 1.48. The molecule has 0 aliphatic carbocycles. The molecule has 6 nitrogen and oxygen atoms in total. The Balaban J connectivity index is 2.18. The van der Waals surface area contributed by atoms with Crippen molar-refractivity contribution in [2.24, 2.45) is 0 Å². The van der Waals surface area contributed by atoms with Gasteiger partial charge in [0.25, 0.3) is 0 Å². The smallest absolute Gasteiger partial charge is 0.163 e. The van der Waals surface area contributed by atoms with Gasteiger partial charge in [0.05, 0.1) is 17.1 Å². The summed E-state index contributed by atoms with van der Waals surface area (Å²) in [7, 11) is 1.60. The molecular formula is C13H13N3O3. The van der Waals surface area contributed by atoms with Crippen molar-refractivity contribution in [1.29, 1.82) is 5.26 Å². The zero-order valence-electron chi connectivity index (χ0n) is 10.5. The fourth-order valence-corrected chi connectivity index (χ4v) is 2.20. The molecule has 2 aromatic rings. The lowest BCUT2D eigenvalue weighted by molar-refractivity contribution is 0.172. The zero-order valence-corrected chi connectivity index (χ0v) is 10.5. The quantitative estimate of drug-likeness (QED) is 0.835. The van der Waals surface area contributed by atoms with E-state index < -0.39 is 0 Å². The zero-order chi connectivity index (χ0) is 13.2. The summed E-state index contributed by atoms with van der Waals surface area (Å²) in [5.41, 5.74) is 1.64. The second-order valence-corrected chi connectivity index (χ2v) is 4.19. The highest BCUT2D eigenvalue weighted by atomic mass is 16.6. The van der Waals surface area contributed by atoms with Crippen LogP contribution in [0.15, 0.2) is 12.1 Å². The number of nitriles is 1. The molecule has 1 aromatic carbocycles. The largest absolute Gasteiger partial charge is 0.486 e. The average molecular weight is 259 g/mol. The molecule has 1 aliphatic rings. The van der Waals surface area contributed by atoms with E-state index in [9.17, 15) is 0 Å². The van der Waals surface area contributed by atoms with E-state index in [1.54, 1.807) is 7.11 Å². The van der Waals surface area contributed by atoms with Crippen LogP contribution in [0.1, 0.15) is 5.82 Å². The molecular weight excluding hydrogens is 246 g/mol. The minimum atomic E-state index is 0.231. The number of hydrogen-bond donors (Lipinski definition) is 0.